The van der Waals surface area contributed by atoms with Gasteiger partial charge in [0.25, 0.3) is 5.91 Å². The van der Waals surface area contributed by atoms with E-state index in [0.29, 0.717) is 11.4 Å². The zero-order valence-corrected chi connectivity index (χ0v) is 11.7. The molecule has 8 heteroatoms. The van der Waals surface area contributed by atoms with Gasteiger partial charge < -0.3 is 10.1 Å². The lowest BCUT2D eigenvalue weighted by molar-refractivity contribution is 0.102. The van der Waals surface area contributed by atoms with Gasteiger partial charge in [-0.1, -0.05) is 17.7 Å². The Hall–Kier alpha value is -2.67. The van der Waals surface area contributed by atoms with E-state index in [0.717, 1.165) is 0 Å². The van der Waals surface area contributed by atoms with Gasteiger partial charge >= 0.3 is 6.09 Å². The third kappa shape index (κ3) is 4.15. The zero-order valence-electron chi connectivity index (χ0n) is 11.0. The molecule has 0 saturated heterocycles. The molecule has 1 aromatic heterocycles. The molecular formula is C13H11ClN4O3. The molecule has 0 aliphatic carbocycles. The van der Waals surface area contributed by atoms with Gasteiger partial charge in [0.15, 0.2) is 0 Å². The van der Waals surface area contributed by atoms with Crippen LogP contribution in [0.25, 0.3) is 0 Å². The minimum atomic E-state index is -0.595. The first-order valence-electron chi connectivity index (χ1n) is 5.82. The lowest BCUT2D eigenvalue weighted by Crippen LogP contribution is -2.15. The maximum absolute atomic E-state index is 11.9. The molecule has 0 unspecified atom stereocenters. The summed E-state index contributed by atoms with van der Waals surface area (Å²) in [5, 5.41) is 5.33. The van der Waals surface area contributed by atoms with E-state index >= 15 is 0 Å². The van der Waals surface area contributed by atoms with Crippen molar-refractivity contribution in [2.24, 2.45) is 0 Å². The summed E-state index contributed by atoms with van der Waals surface area (Å²) in [4.78, 5) is 30.7. The molecular weight excluding hydrogens is 296 g/mol. The fourth-order valence-corrected chi connectivity index (χ4v) is 1.57. The number of rotatable bonds is 3. The summed E-state index contributed by atoms with van der Waals surface area (Å²) >= 11 is 5.60. The molecule has 108 valence electrons. The number of nitrogens with zero attached hydrogens (tertiary/aromatic N) is 2. The Bertz CT molecular complexity index is 661. The van der Waals surface area contributed by atoms with Crippen LogP contribution in [0.3, 0.4) is 0 Å². The van der Waals surface area contributed by atoms with E-state index < -0.39 is 12.0 Å². The van der Waals surface area contributed by atoms with E-state index in [-0.39, 0.29) is 10.8 Å². The smallest absolute Gasteiger partial charge is 0.411 e. The van der Waals surface area contributed by atoms with E-state index in [4.69, 9.17) is 11.6 Å². The average molecular weight is 307 g/mol. The number of hydrogen-bond donors (Lipinski definition) is 2. The second kappa shape index (κ2) is 6.67. The highest BCUT2D eigenvalue weighted by Gasteiger charge is 2.09. The maximum Gasteiger partial charge on any atom is 0.411 e. The fourth-order valence-electron chi connectivity index (χ4n) is 1.47. The number of benzene rings is 1. The fraction of sp³-hybridized carbons (Fsp3) is 0.0769. The van der Waals surface area contributed by atoms with Crippen LogP contribution in [0.1, 0.15) is 10.5 Å². The van der Waals surface area contributed by atoms with Crippen LogP contribution in [-0.2, 0) is 4.74 Å². The van der Waals surface area contributed by atoms with Crippen LogP contribution in [0.4, 0.5) is 16.2 Å². The summed E-state index contributed by atoms with van der Waals surface area (Å²) in [6, 6.07) is 6.59. The molecule has 0 radical (unpaired) electrons. The van der Waals surface area contributed by atoms with Crippen molar-refractivity contribution >= 4 is 35.0 Å². The molecule has 0 fully saturated rings. The Morgan fingerprint density at radius 2 is 1.86 bits per heavy atom. The molecule has 2 N–H and O–H groups in total. The van der Waals surface area contributed by atoms with Crippen molar-refractivity contribution in [3.63, 3.8) is 0 Å². The number of ether oxygens (including phenoxy) is 1. The molecule has 2 rings (SSSR count). The molecule has 0 atom stereocenters. The molecule has 0 aliphatic heterocycles. The van der Waals surface area contributed by atoms with Crippen LogP contribution in [0.15, 0.2) is 36.7 Å². The van der Waals surface area contributed by atoms with E-state index in [9.17, 15) is 9.59 Å². The molecule has 7 nitrogen and oxygen atoms in total. The van der Waals surface area contributed by atoms with Gasteiger partial charge in [0.05, 0.1) is 19.5 Å². The Morgan fingerprint density at radius 3 is 2.48 bits per heavy atom. The van der Waals surface area contributed by atoms with Crippen molar-refractivity contribution in [2.75, 3.05) is 17.7 Å². The largest absolute Gasteiger partial charge is 0.453 e. The van der Waals surface area contributed by atoms with Gasteiger partial charge in [-0.25, -0.2) is 14.8 Å². The van der Waals surface area contributed by atoms with Crippen molar-refractivity contribution in [2.45, 2.75) is 0 Å². The third-order valence-corrected chi connectivity index (χ3v) is 2.60. The van der Waals surface area contributed by atoms with Crippen molar-refractivity contribution < 1.29 is 14.3 Å². The van der Waals surface area contributed by atoms with Crippen LogP contribution >= 0.6 is 11.6 Å². The lowest BCUT2D eigenvalue weighted by Gasteiger charge is -2.07. The number of halogens is 1. The topological polar surface area (TPSA) is 93.2 Å². The van der Waals surface area contributed by atoms with Gasteiger partial charge in [0.2, 0.25) is 0 Å². The van der Waals surface area contributed by atoms with Crippen LogP contribution in [-0.4, -0.2) is 29.1 Å². The van der Waals surface area contributed by atoms with Crippen molar-refractivity contribution in [3.05, 3.63) is 47.5 Å². The molecule has 0 saturated carbocycles. The minimum absolute atomic E-state index is 0.130. The maximum atomic E-state index is 11.9. The first-order valence-corrected chi connectivity index (χ1v) is 6.20. The number of hydrogen-bond acceptors (Lipinski definition) is 5. The minimum Gasteiger partial charge on any atom is -0.453 e. The molecule has 0 spiro atoms. The second-order valence-electron chi connectivity index (χ2n) is 3.88. The van der Waals surface area contributed by atoms with E-state index in [1.807, 2.05) is 0 Å². The molecule has 1 aromatic carbocycles. The molecule has 2 amide bonds. The standard InChI is InChI=1S/C13H11ClN4O3/c1-21-13(20)18-9-4-2-3-8(5-9)17-12(19)10-6-16-11(14)7-15-10/h2-7H,1H3,(H,17,19)(H,18,20). The first-order chi connectivity index (χ1) is 10.1. The Labute approximate surface area is 125 Å². The number of carbonyl (C=O) groups excluding carboxylic acids is 2. The van der Waals surface area contributed by atoms with Gasteiger partial charge in [0.1, 0.15) is 10.8 Å². The third-order valence-electron chi connectivity index (χ3n) is 2.41. The predicted molar refractivity (Wildman–Crippen MR) is 77.5 cm³/mol. The highest BCUT2D eigenvalue weighted by molar-refractivity contribution is 6.29. The average Bonchev–Trinajstić information content (AvgIpc) is 2.48. The van der Waals surface area contributed by atoms with Crippen molar-refractivity contribution in [1.82, 2.24) is 9.97 Å². The van der Waals surface area contributed by atoms with Crippen LogP contribution in [0, 0.1) is 0 Å². The predicted octanol–water partition coefficient (Wildman–Crippen LogP) is 2.56. The molecule has 2 aromatic rings. The van der Waals surface area contributed by atoms with Crippen LogP contribution < -0.4 is 10.6 Å². The van der Waals surface area contributed by atoms with Crippen LogP contribution in [0.5, 0.6) is 0 Å². The van der Waals surface area contributed by atoms with Gasteiger partial charge in [-0.15, -0.1) is 0 Å². The summed E-state index contributed by atoms with van der Waals surface area (Å²) < 4.78 is 4.49. The number of aromatic nitrogens is 2. The summed E-state index contributed by atoms with van der Waals surface area (Å²) in [6.07, 6.45) is 1.96. The summed E-state index contributed by atoms with van der Waals surface area (Å²) in [5.74, 6) is -0.436. The Morgan fingerprint density at radius 1 is 1.14 bits per heavy atom. The summed E-state index contributed by atoms with van der Waals surface area (Å²) in [7, 11) is 1.26. The van der Waals surface area contributed by atoms with Gasteiger partial charge in [0, 0.05) is 11.4 Å². The van der Waals surface area contributed by atoms with E-state index in [1.165, 1.54) is 19.5 Å². The SMILES string of the molecule is COC(=O)Nc1cccc(NC(=O)c2cnc(Cl)cn2)c1. The summed E-state index contributed by atoms with van der Waals surface area (Å²) in [5.41, 5.74) is 1.11. The normalized spacial score (nSPS) is 9.81. The molecule has 1 heterocycles. The van der Waals surface area contributed by atoms with Crippen molar-refractivity contribution in [3.8, 4) is 0 Å². The molecule has 21 heavy (non-hydrogen) atoms. The van der Waals surface area contributed by atoms with Gasteiger partial charge in [-0.2, -0.15) is 0 Å². The monoisotopic (exact) mass is 306 g/mol. The van der Waals surface area contributed by atoms with Gasteiger partial charge in [-0.3, -0.25) is 10.1 Å². The Kier molecular flexibility index (Phi) is 4.68. The van der Waals surface area contributed by atoms with E-state index in [1.54, 1.807) is 24.3 Å². The number of carbonyl (C=O) groups is 2. The van der Waals surface area contributed by atoms with Gasteiger partial charge in [-0.05, 0) is 18.2 Å². The lowest BCUT2D eigenvalue weighted by atomic mass is 10.2. The molecule has 0 bridgehead atoms. The quantitative estimate of drug-likeness (QED) is 0.909. The second-order valence-corrected chi connectivity index (χ2v) is 4.26. The number of nitrogens with one attached hydrogen (secondary N) is 2. The van der Waals surface area contributed by atoms with Crippen molar-refractivity contribution in [1.29, 1.82) is 0 Å². The number of anilines is 2. The highest BCUT2D eigenvalue weighted by atomic mass is 35.5. The summed E-state index contributed by atoms with van der Waals surface area (Å²) in [6.45, 7) is 0. The highest BCUT2D eigenvalue weighted by Crippen LogP contribution is 2.16. The zero-order chi connectivity index (χ0) is 15.2. The Balaban J connectivity index is 2.08. The molecule has 0 aliphatic rings. The number of amides is 2. The number of methoxy groups -OCH3 is 1. The van der Waals surface area contributed by atoms with Crippen LogP contribution in [0.2, 0.25) is 5.15 Å². The first kappa shape index (κ1) is 14.7. The van der Waals surface area contributed by atoms with E-state index in [2.05, 4.69) is 25.3 Å².